The molecule has 0 N–H and O–H groups in total. The Morgan fingerprint density at radius 3 is 2.29 bits per heavy atom. The molecular formula is C26H32N6O3. The zero-order valence-corrected chi connectivity index (χ0v) is 20.3. The molecule has 3 aromatic heterocycles. The van der Waals surface area contributed by atoms with Crippen LogP contribution in [0.4, 0.5) is 0 Å². The molecule has 1 aliphatic heterocycles. The van der Waals surface area contributed by atoms with Crippen molar-refractivity contribution in [3.63, 3.8) is 0 Å². The molecule has 0 bridgehead atoms. The average molecular weight is 477 g/mol. The van der Waals surface area contributed by atoms with Gasteiger partial charge in [-0.1, -0.05) is 13.8 Å². The Hall–Kier alpha value is -3.43. The number of aryl methyl sites for hydroxylation is 1. The topological polar surface area (TPSA) is 81.2 Å². The predicted octanol–water partition coefficient (Wildman–Crippen LogP) is 4.71. The van der Waals surface area contributed by atoms with E-state index in [-0.39, 0.29) is 6.29 Å². The van der Waals surface area contributed by atoms with Crippen molar-refractivity contribution >= 4 is 0 Å². The first-order valence-electron chi connectivity index (χ1n) is 12.4. The first-order chi connectivity index (χ1) is 17.2. The molecule has 1 saturated heterocycles. The first kappa shape index (κ1) is 23.3. The minimum atomic E-state index is -0.100. The summed E-state index contributed by atoms with van der Waals surface area (Å²) in [4.78, 5) is 0. The van der Waals surface area contributed by atoms with Crippen LogP contribution < -0.4 is 4.74 Å². The summed E-state index contributed by atoms with van der Waals surface area (Å²) < 4.78 is 23.8. The van der Waals surface area contributed by atoms with E-state index < -0.39 is 0 Å². The summed E-state index contributed by atoms with van der Waals surface area (Å²) >= 11 is 0. The Balaban J connectivity index is 1.41. The van der Waals surface area contributed by atoms with E-state index in [1.165, 1.54) is 0 Å². The van der Waals surface area contributed by atoms with Crippen LogP contribution in [-0.2, 0) is 28.9 Å². The molecule has 0 saturated carbocycles. The first-order valence-corrected chi connectivity index (χ1v) is 12.4. The molecule has 184 valence electrons. The molecule has 0 spiro atoms. The zero-order valence-electron chi connectivity index (χ0n) is 20.3. The highest BCUT2D eigenvalue weighted by Crippen LogP contribution is 2.33. The molecule has 9 heteroatoms. The summed E-state index contributed by atoms with van der Waals surface area (Å²) in [5.41, 5.74) is 3.77. The van der Waals surface area contributed by atoms with Gasteiger partial charge in [-0.2, -0.15) is 15.3 Å². The van der Waals surface area contributed by atoms with Crippen molar-refractivity contribution in [1.29, 1.82) is 0 Å². The monoisotopic (exact) mass is 476 g/mol. The van der Waals surface area contributed by atoms with Gasteiger partial charge in [-0.25, -0.2) is 9.36 Å². The molecule has 35 heavy (non-hydrogen) atoms. The van der Waals surface area contributed by atoms with Crippen LogP contribution in [0.2, 0.25) is 0 Å². The summed E-state index contributed by atoms with van der Waals surface area (Å²) in [6.07, 6.45) is 12.0. The summed E-state index contributed by atoms with van der Waals surface area (Å²) in [6, 6.07) is 9.80. The molecule has 0 amide bonds. The van der Waals surface area contributed by atoms with Gasteiger partial charge in [-0.05, 0) is 50.3 Å². The Morgan fingerprint density at radius 1 is 0.971 bits per heavy atom. The van der Waals surface area contributed by atoms with Crippen molar-refractivity contribution in [2.75, 3.05) is 13.2 Å². The van der Waals surface area contributed by atoms with E-state index in [1.54, 1.807) is 12.4 Å². The Kier molecular flexibility index (Phi) is 7.25. The molecule has 0 radical (unpaired) electrons. The van der Waals surface area contributed by atoms with Crippen LogP contribution >= 0.6 is 0 Å². The molecule has 4 heterocycles. The summed E-state index contributed by atoms with van der Waals surface area (Å²) in [5, 5.41) is 13.6. The second-order valence-corrected chi connectivity index (χ2v) is 8.51. The number of nitrogens with zero attached hydrogens (tertiary/aromatic N) is 6. The molecule has 9 nitrogen and oxygen atoms in total. The highest BCUT2D eigenvalue weighted by atomic mass is 16.7. The number of aromatic nitrogens is 6. The fraction of sp³-hybridized carbons (Fsp3) is 0.423. The van der Waals surface area contributed by atoms with Crippen LogP contribution in [0.15, 0.2) is 55.1 Å². The zero-order chi connectivity index (χ0) is 24.0. The van der Waals surface area contributed by atoms with E-state index in [9.17, 15) is 0 Å². The average Bonchev–Trinajstić information content (AvgIpc) is 3.66. The lowest BCUT2D eigenvalue weighted by molar-refractivity contribution is -0.163. The van der Waals surface area contributed by atoms with Crippen LogP contribution in [0.25, 0.3) is 11.4 Å². The minimum Gasteiger partial charge on any atom is -0.453 e. The van der Waals surface area contributed by atoms with Gasteiger partial charge in [0.2, 0.25) is 0 Å². The highest BCUT2D eigenvalue weighted by Gasteiger charge is 2.20. The Morgan fingerprint density at radius 2 is 1.71 bits per heavy atom. The van der Waals surface area contributed by atoms with Gasteiger partial charge in [0.05, 0.1) is 30.2 Å². The highest BCUT2D eigenvalue weighted by molar-refractivity contribution is 5.51. The van der Waals surface area contributed by atoms with Gasteiger partial charge in [-0.3, -0.25) is 4.68 Å². The van der Waals surface area contributed by atoms with Gasteiger partial charge >= 0.3 is 0 Å². The predicted molar refractivity (Wildman–Crippen MR) is 131 cm³/mol. The van der Waals surface area contributed by atoms with Gasteiger partial charge in [-0.15, -0.1) is 0 Å². The van der Waals surface area contributed by atoms with E-state index in [4.69, 9.17) is 19.3 Å². The molecule has 4 aromatic rings. The fourth-order valence-corrected chi connectivity index (χ4v) is 4.38. The normalized spacial score (nSPS) is 16.0. The van der Waals surface area contributed by atoms with E-state index in [0.29, 0.717) is 18.9 Å². The standard InChI is InChI=1S/C26H32N6O3/c1-3-23-26(24(4-2)32(29-23)14-16-34-25-9-5-6-15-33-25)35-22-18-20(30-12-7-10-27-30)17-21(19-22)31-13-8-11-28-31/h7-8,10-13,17-19,25H,3-6,9,14-16H2,1-2H3. The molecule has 5 rings (SSSR count). The fourth-order valence-electron chi connectivity index (χ4n) is 4.38. The lowest BCUT2D eigenvalue weighted by Crippen LogP contribution is -2.24. The maximum atomic E-state index is 6.55. The van der Waals surface area contributed by atoms with Crippen molar-refractivity contribution in [3.05, 3.63) is 66.5 Å². The van der Waals surface area contributed by atoms with Crippen LogP contribution in [0.1, 0.15) is 44.5 Å². The SMILES string of the molecule is CCc1nn(CCOC2CCCCO2)c(CC)c1Oc1cc(-n2cccn2)cc(-n2cccn2)c1. The van der Waals surface area contributed by atoms with Gasteiger partial charge in [0.1, 0.15) is 11.4 Å². The van der Waals surface area contributed by atoms with E-state index in [0.717, 1.165) is 67.2 Å². The van der Waals surface area contributed by atoms with Crippen molar-refractivity contribution in [3.8, 4) is 22.9 Å². The van der Waals surface area contributed by atoms with E-state index in [2.05, 4.69) is 24.0 Å². The smallest absolute Gasteiger partial charge is 0.171 e. The summed E-state index contributed by atoms with van der Waals surface area (Å²) in [5.74, 6) is 1.52. The lowest BCUT2D eigenvalue weighted by Gasteiger charge is -2.22. The molecule has 1 aromatic carbocycles. The Labute approximate surface area is 205 Å². The van der Waals surface area contributed by atoms with Crippen molar-refractivity contribution in [1.82, 2.24) is 29.3 Å². The van der Waals surface area contributed by atoms with Crippen molar-refractivity contribution in [2.45, 2.75) is 58.8 Å². The van der Waals surface area contributed by atoms with Crippen LogP contribution in [0.3, 0.4) is 0 Å². The van der Waals surface area contributed by atoms with Gasteiger partial charge in [0, 0.05) is 43.5 Å². The van der Waals surface area contributed by atoms with E-state index in [1.807, 2.05) is 56.8 Å². The van der Waals surface area contributed by atoms with Gasteiger partial charge < -0.3 is 14.2 Å². The summed E-state index contributed by atoms with van der Waals surface area (Å²) in [7, 11) is 0. The number of benzene rings is 1. The quantitative estimate of drug-likeness (QED) is 0.330. The maximum absolute atomic E-state index is 6.55. The van der Waals surface area contributed by atoms with Crippen LogP contribution in [-0.4, -0.2) is 48.8 Å². The van der Waals surface area contributed by atoms with E-state index >= 15 is 0 Å². The molecule has 1 fully saturated rings. The third-order valence-corrected chi connectivity index (χ3v) is 6.13. The molecule has 1 unspecified atom stereocenters. The number of hydrogen-bond donors (Lipinski definition) is 0. The second-order valence-electron chi connectivity index (χ2n) is 8.51. The molecule has 1 aliphatic rings. The van der Waals surface area contributed by atoms with Crippen LogP contribution in [0, 0.1) is 0 Å². The lowest BCUT2D eigenvalue weighted by atomic mass is 10.2. The molecule has 0 aliphatic carbocycles. The van der Waals surface area contributed by atoms with Crippen LogP contribution in [0.5, 0.6) is 11.5 Å². The number of rotatable bonds is 10. The van der Waals surface area contributed by atoms with Crippen molar-refractivity contribution < 1.29 is 14.2 Å². The third kappa shape index (κ3) is 5.31. The summed E-state index contributed by atoms with van der Waals surface area (Å²) in [6.45, 7) is 6.22. The van der Waals surface area contributed by atoms with Gasteiger partial charge in [0.15, 0.2) is 12.0 Å². The maximum Gasteiger partial charge on any atom is 0.171 e. The minimum absolute atomic E-state index is 0.100. The number of hydrogen-bond acceptors (Lipinski definition) is 6. The van der Waals surface area contributed by atoms with Crippen molar-refractivity contribution in [2.24, 2.45) is 0 Å². The number of ether oxygens (including phenoxy) is 3. The Bertz CT molecular complexity index is 1160. The molecule has 1 atom stereocenters. The molecular weight excluding hydrogens is 444 g/mol. The third-order valence-electron chi connectivity index (χ3n) is 6.13. The second kappa shape index (κ2) is 10.9. The van der Waals surface area contributed by atoms with Gasteiger partial charge in [0.25, 0.3) is 0 Å². The largest absolute Gasteiger partial charge is 0.453 e.